The highest BCUT2D eigenvalue weighted by atomic mass is 35.5. The third-order valence-electron chi connectivity index (χ3n) is 3.21. The van der Waals surface area contributed by atoms with Gasteiger partial charge < -0.3 is 15.6 Å². The molecule has 2 rings (SSSR count). The quantitative estimate of drug-likeness (QED) is 0.828. The van der Waals surface area contributed by atoms with Crippen LogP contribution in [0, 0.1) is 12.7 Å². The monoisotopic (exact) mass is 356 g/mol. The average Bonchev–Trinajstić information content (AvgIpc) is 2.94. The number of carbonyl (C=O) groups excluding carboxylic acids is 1. The number of nitrogens with zero attached hydrogens (tertiary/aromatic N) is 2. The molecule has 8 heteroatoms. The first kappa shape index (κ1) is 20.1. The number of hydrogen-bond acceptors (Lipinski definition) is 5. The smallest absolute Gasteiger partial charge is 0.227 e. The van der Waals surface area contributed by atoms with Gasteiger partial charge in [0, 0.05) is 30.5 Å². The number of aryl methyl sites for hydroxylation is 2. The normalized spacial score (nSPS) is 11.0. The summed E-state index contributed by atoms with van der Waals surface area (Å²) in [5.74, 6) is 0.188. The second-order valence-corrected chi connectivity index (χ2v) is 6.24. The van der Waals surface area contributed by atoms with Crippen molar-refractivity contribution >= 4 is 18.3 Å². The summed E-state index contributed by atoms with van der Waals surface area (Å²) in [7, 11) is 0. The van der Waals surface area contributed by atoms with E-state index in [0.29, 0.717) is 35.8 Å². The Bertz CT molecular complexity index is 698. The number of amides is 1. The van der Waals surface area contributed by atoms with Crippen LogP contribution in [0.5, 0.6) is 0 Å². The van der Waals surface area contributed by atoms with E-state index in [2.05, 4.69) is 15.5 Å². The highest BCUT2D eigenvalue weighted by Crippen LogP contribution is 2.19. The molecule has 24 heavy (non-hydrogen) atoms. The molecule has 0 saturated heterocycles. The molecule has 132 valence electrons. The molecule has 1 heterocycles. The molecule has 3 N–H and O–H groups in total. The lowest BCUT2D eigenvalue weighted by Crippen LogP contribution is -2.45. The minimum absolute atomic E-state index is 0. The molecule has 1 amide bonds. The van der Waals surface area contributed by atoms with Gasteiger partial charge in [0.25, 0.3) is 0 Å². The lowest BCUT2D eigenvalue weighted by Gasteiger charge is -2.18. The van der Waals surface area contributed by atoms with Crippen LogP contribution in [0.1, 0.15) is 31.7 Å². The zero-order valence-corrected chi connectivity index (χ0v) is 14.7. The second-order valence-electron chi connectivity index (χ2n) is 6.24. The van der Waals surface area contributed by atoms with Crippen LogP contribution in [-0.2, 0) is 11.2 Å². The fraction of sp³-hybridized carbons (Fsp3) is 0.438. The molecular weight excluding hydrogens is 335 g/mol. The summed E-state index contributed by atoms with van der Waals surface area (Å²) in [5, 5.41) is 6.56. The molecule has 0 saturated carbocycles. The van der Waals surface area contributed by atoms with Gasteiger partial charge in [0.1, 0.15) is 5.82 Å². The van der Waals surface area contributed by atoms with Crippen LogP contribution in [0.15, 0.2) is 22.7 Å². The Morgan fingerprint density at radius 3 is 2.75 bits per heavy atom. The van der Waals surface area contributed by atoms with Crippen LogP contribution in [-0.4, -0.2) is 28.1 Å². The molecule has 2 aromatic rings. The fourth-order valence-corrected chi connectivity index (χ4v) is 1.84. The molecule has 0 fully saturated rings. The van der Waals surface area contributed by atoms with Crippen molar-refractivity contribution in [2.24, 2.45) is 5.73 Å². The summed E-state index contributed by atoms with van der Waals surface area (Å²) in [6.45, 7) is 5.74. The maximum atomic E-state index is 13.6. The van der Waals surface area contributed by atoms with Gasteiger partial charge in [0.15, 0.2) is 0 Å². The molecule has 6 nitrogen and oxygen atoms in total. The number of nitrogens with one attached hydrogen (secondary N) is 1. The number of nitrogens with two attached hydrogens (primary N) is 1. The van der Waals surface area contributed by atoms with Crippen molar-refractivity contribution < 1.29 is 13.7 Å². The van der Waals surface area contributed by atoms with Gasteiger partial charge in [0.2, 0.25) is 17.6 Å². The van der Waals surface area contributed by atoms with Crippen molar-refractivity contribution in [1.82, 2.24) is 15.5 Å². The summed E-state index contributed by atoms with van der Waals surface area (Å²) in [4.78, 5) is 15.9. The third kappa shape index (κ3) is 5.90. The first-order valence-electron chi connectivity index (χ1n) is 7.39. The first-order chi connectivity index (χ1) is 10.7. The van der Waals surface area contributed by atoms with E-state index in [1.165, 1.54) is 6.07 Å². The van der Waals surface area contributed by atoms with Gasteiger partial charge in [-0.2, -0.15) is 4.98 Å². The zero-order chi connectivity index (χ0) is 17.0. The van der Waals surface area contributed by atoms with Crippen LogP contribution in [0.4, 0.5) is 4.39 Å². The van der Waals surface area contributed by atoms with E-state index in [0.717, 1.165) is 0 Å². The molecule has 0 spiro atoms. The van der Waals surface area contributed by atoms with Crippen molar-refractivity contribution in [1.29, 1.82) is 0 Å². The van der Waals surface area contributed by atoms with E-state index >= 15 is 0 Å². The molecule has 0 aliphatic carbocycles. The number of benzene rings is 1. The van der Waals surface area contributed by atoms with Gasteiger partial charge in [0.05, 0.1) is 0 Å². The summed E-state index contributed by atoms with van der Waals surface area (Å²) in [6.07, 6.45) is 0.540. The Labute approximate surface area is 146 Å². The van der Waals surface area contributed by atoms with E-state index in [1.54, 1.807) is 19.1 Å². The van der Waals surface area contributed by atoms with Gasteiger partial charge >= 0.3 is 0 Å². The summed E-state index contributed by atoms with van der Waals surface area (Å²) >= 11 is 0. The van der Waals surface area contributed by atoms with Gasteiger partial charge in [-0.25, -0.2) is 4.39 Å². The Balaban J connectivity index is 0.00000288. The maximum Gasteiger partial charge on any atom is 0.227 e. The van der Waals surface area contributed by atoms with E-state index in [1.807, 2.05) is 13.8 Å². The lowest BCUT2D eigenvalue weighted by atomic mass is 10.1. The fourth-order valence-electron chi connectivity index (χ4n) is 1.84. The van der Waals surface area contributed by atoms with Gasteiger partial charge in [-0.05, 0) is 32.4 Å². The Kier molecular flexibility index (Phi) is 6.86. The van der Waals surface area contributed by atoms with Crippen molar-refractivity contribution in [2.45, 2.75) is 39.2 Å². The topological polar surface area (TPSA) is 94.0 Å². The van der Waals surface area contributed by atoms with E-state index in [4.69, 9.17) is 10.3 Å². The molecule has 1 aromatic carbocycles. The predicted molar refractivity (Wildman–Crippen MR) is 91.3 cm³/mol. The minimum Gasteiger partial charge on any atom is -0.354 e. The third-order valence-corrected chi connectivity index (χ3v) is 3.21. The molecule has 1 aromatic heterocycles. The molecule has 0 radical (unpaired) electrons. The zero-order valence-electron chi connectivity index (χ0n) is 13.9. The highest BCUT2D eigenvalue weighted by molar-refractivity contribution is 5.85. The molecule has 0 aliphatic rings. The van der Waals surface area contributed by atoms with Crippen LogP contribution in [0.3, 0.4) is 0 Å². The molecule has 0 unspecified atom stereocenters. The molecule has 0 aliphatic heterocycles. The van der Waals surface area contributed by atoms with Crippen LogP contribution < -0.4 is 11.1 Å². The Morgan fingerprint density at radius 1 is 1.42 bits per heavy atom. The molecule has 0 bridgehead atoms. The number of hydrogen-bond donors (Lipinski definition) is 2. The van der Waals surface area contributed by atoms with Crippen molar-refractivity contribution in [3.8, 4) is 11.4 Å². The SMILES string of the molecule is Cc1ccc(-c2noc(CCC(=O)NCC(C)(C)N)n2)cc1F.Cl. The average molecular weight is 357 g/mol. The highest BCUT2D eigenvalue weighted by Gasteiger charge is 2.14. The van der Waals surface area contributed by atoms with Crippen LogP contribution >= 0.6 is 12.4 Å². The van der Waals surface area contributed by atoms with E-state index in [9.17, 15) is 9.18 Å². The van der Waals surface area contributed by atoms with Gasteiger partial charge in [-0.15, -0.1) is 12.4 Å². The van der Waals surface area contributed by atoms with Crippen LogP contribution in [0.25, 0.3) is 11.4 Å². The van der Waals surface area contributed by atoms with Crippen molar-refractivity contribution in [2.75, 3.05) is 6.54 Å². The lowest BCUT2D eigenvalue weighted by molar-refractivity contribution is -0.121. The predicted octanol–water partition coefficient (Wildman–Crippen LogP) is 2.39. The van der Waals surface area contributed by atoms with Gasteiger partial charge in [-0.1, -0.05) is 17.3 Å². The number of aromatic nitrogens is 2. The first-order valence-corrected chi connectivity index (χ1v) is 7.39. The number of halogens is 2. The number of rotatable bonds is 6. The van der Waals surface area contributed by atoms with E-state index in [-0.39, 0.29) is 30.6 Å². The maximum absolute atomic E-state index is 13.6. The standard InChI is InChI=1S/C16H21FN4O2.ClH/c1-10-4-5-11(8-12(10)17)15-20-14(23-21-15)7-6-13(22)19-9-16(2,3)18;/h4-5,8H,6-7,9,18H2,1-3H3,(H,19,22);1H. The largest absolute Gasteiger partial charge is 0.354 e. The Morgan fingerprint density at radius 2 is 2.12 bits per heavy atom. The molecule has 0 atom stereocenters. The Hall–Kier alpha value is -1.99. The van der Waals surface area contributed by atoms with Gasteiger partial charge in [-0.3, -0.25) is 4.79 Å². The van der Waals surface area contributed by atoms with Crippen molar-refractivity contribution in [3.63, 3.8) is 0 Å². The summed E-state index contributed by atoms with van der Waals surface area (Å²) < 4.78 is 18.7. The minimum atomic E-state index is -0.456. The summed E-state index contributed by atoms with van der Waals surface area (Å²) in [6, 6.07) is 4.74. The summed E-state index contributed by atoms with van der Waals surface area (Å²) in [5.41, 5.74) is 6.43. The number of carbonyl (C=O) groups is 1. The molecular formula is C16H22ClFN4O2. The van der Waals surface area contributed by atoms with Crippen molar-refractivity contribution in [3.05, 3.63) is 35.5 Å². The van der Waals surface area contributed by atoms with E-state index < -0.39 is 5.54 Å². The second kappa shape index (κ2) is 8.21. The van der Waals surface area contributed by atoms with Crippen LogP contribution in [0.2, 0.25) is 0 Å².